The number of carbonyl (C=O) groups is 1. The zero-order valence-electron chi connectivity index (χ0n) is 11.6. The minimum absolute atomic E-state index is 0.440. The van der Waals surface area contributed by atoms with Gasteiger partial charge in [0.05, 0.1) is 0 Å². The molecule has 0 bridgehead atoms. The van der Waals surface area contributed by atoms with Crippen LogP contribution in [-0.4, -0.2) is 53.6 Å². The van der Waals surface area contributed by atoms with Crippen LogP contribution in [0.3, 0.4) is 0 Å². The monoisotopic (exact) mass is 282 g/mol. The van der Waals surface area contributed by atoms with Crippen LogP contribution in [0, 0.1) is 0 Å². The molecule has 0 saturated carbocycles. The van der Waals surface area contributed by atoms with Crippen LogP contribution in [0.5, 0.6) is 0 Å². The van der Waals surface area contributed by atoms with E-state index in [9.17, 15) is 4.79 Å². The Hall–Kier alpha value is -0.910. The second-order valence-corrected chi connectivity index (χ2v) is 6.39. The lowest BCUT2D eigenvalue weighted by Gasteiger charge is -2.29. The first-order valence-corrected chi connectivity index (χ1v) is 7.66. The predicted octanol–water partition coefficient (Wildman–Crippen LogP) is 2.36. The number of aromatic carboxylic acids is 1. The fourth-order valence-corrected chi connectivity index (χ4v) is 3.54. The van der Waals surface area contributed by atoms with E-state index in [0.717, 1.165) is 37.5 Å². The van der Waals surface area contributed by atoms with Gasteiger partial charge in [0, 0.05) is 30.6 Å². The number of likely N-dealkylation sites (N-methyl/N-ethyl adjacent to an activating group) is 1. The minimum atomic E-state index is -0.820. The molecule has 2 rings (SSSR count). The van der Waals surface area contributed by atoms with Gasteiger partial charge in [-0.15, -0.1) is 11.3 Å². The van der Waals surface area contributed by atoms with Crippen LogP contribution >= 0.6 is 11.3 Å². The Morgan fingerprint density at radius 3 is 2.89 bits per heavy atom. The van der Waals surface area contributed by atoms with Gasteiger partial charge in [-0.2, -0.15) is 0 Å². The summed E-state index contributed by atoms with van der Waals surface area (Å²) in [5.41, 5.74) is 0. The van der Waals surface area contributed by atoms with Gasteiger partial charge in [0.25, 0.3) is 0 Å². The number of hydrogen-bond acceptors (Lipinski definition) is 4. The zero-order valence-corrected chi connectivity index (χ0v) is 12.4. The van der Waals surface area contributed by atoms with Crippen molar-refractivity contribution in [1.29, 1.82) is 0 Å². The smallest absolute Gasteiger partial charge is 0.345 e. The average molecular weight is 282 g/mol. The highest BCUT2D eigenvalue weighted by atomic mass is 32.1. The van der Waals surface area contributed by atoms with E-state index in [-0.39, 0.29) is 0 Å². The molecule has 0 amide bonds. The summed E-state index contributed by atoms with van der Waals surface area (Å²) in [6.45, 7) is 6.47. The van der Waals surface area contributed by atoms with Gasteiger partial charge in [0.2, 0.25) is 0 Å². The SMILES string of the molecule is CCC1CN(C)CCCN1Cc1ccc(C(=O)O)s1. The first-order chi connectivity index (χ1) is 9.10. The largest absolute Gasteiger partial charge is 0.477 e. The quantitative estimate of drug-likeness (QED) is 0.921. The van der Waals surface area contributed by atoms with Gasteiger partial charge in [-0.3, -0.25) is 4.90 Å². The van der Waals surface area contributed by atoms with E-state index in [2.05, 4.69) is 23.8 Å². The Morgan fingerprint density at radius 1 is 1.47 bits per heavy atom. The van der Waals surface area contributed by atoms with Gasteiger partial charge < -0.3 is 10.0 Å². The van der Waals surface area contributed by atoms with E-state index >= 15 is 0 Å². The number of carboxylic acids is 1. The van der Waals surface area contributed by atoms with Crippen LogP contribution in [0.4, 0.5) is 0 Å². The maximum atomic E-state index is 10.9. The van der Waals surface area contributed by atoms with E-state index in [1.807, 2.05) is 6.07 Å². The van der Waals surface area contributed by atoms with Crippen molar-refractivity contribution >= 4 is 17.3 Å². The molecular weight excluding hydrogens is 260 g/mol. The third-order valence-corrected chi connectivity index (χ3v) is 4.78. The fourth-order valence-electron chi connectivity index (χ4n) is 2.67. The number of thiophene rings is 1. The van der Waals surface area contributed by atoms with Crippen molar-refractivity contribution in [3.05, 3.63) is 21.9 Å². The van der Waals surface area contributed by atoms with Crippen molar-refractivity contribution in [2.24, 2.45) is 0 Å². The van der Waals surface area contributed by atoms with Crippen LogP contribution < -0.4 is 0 Å². The van der Waals surface area contributed by atoms with Crippen molar-refractivity contribution in [1.82, 2.24) is 9.80 Å². The molecular formula is C14H22N2O2S. The highest BCUT2D eigenvalue weighted by Crippen LogP contribution is 2.21. The molecule has 0 aliphatic carbocycles. The molecule has 0 spiro atoms. The molecule has 1 saturated heterocycles. The summed E-state index contributed by atoms with van der Waals surface area (Å²) in [6, 6.07) is 4.24. The molecule has 106 valence electrons. The lowest BCUT2D eigenvalue weighted by Crippen LogP contribution is -2.39. The van der Waals surface area contributed by atoms with Crippen LogP contribution in [0.25, 0.3) is 0 Å². The second-order valence-electron chi connectivity index (χ2n) is 5.22. The number of nitrogens with zero attached hydrogens (tertiary/aromatic N) is 2. The van der Waals surface area contributed by atoms with Gasteiger partial charge in [-0.25, -0.2) is 4.79 Å². The maximum Gasteiger partial charge on any atom is 0.345 e. The van der Waals surface area contributed by atoms with Crippen LogP contribution in [-0.2, 0) is 6.54 Å². The fraction of sp³-hybridized carbons (Fsp3) is 0.643. The Balaban J connectivity index is 2.04. The minimum Gasteiger partial charge on any atom is -0.477 e. The second kappa shape index (κ2) is 6.50. The molecule has 0 radical (unpaired) electrons. The van der Waals surface area contributed by atoms with Gasteiger partial charge >= 0.3 is 5.97 Å². The van der Waals surface area contributed by atoms with Crippen molar-refractivity contribution < 1.29 is 9.90 Å². The number of hydrogen-bond donors (Lipinski definition) is 1. The third kappa shape index (κ3) is 3.78. The molecule has 2 heterocycles. The van der Waals surface area contributed by atoms with E-state index in [4.69, 9.17) is 5.11 Å². The zero-order chi connectivity index (χ0) is 13.8. The Bertz CT molecular complexity index is 433. The highest BCUT2D eigenvalue weighted by molar-refractivity contribution is 7.13. The molecule has 1 aromatic heterocycles. The summed E-state index contributed by atoms with van der Waals surface area (Å²) >= 11 is 1.40. The first-order valence-electron chi connectivity index (χ1n) is 6.84. The summed E-state index contributed by atoms with van der Waals surface area (Å²) in [6.07, 6.45) is 2.33. The topological polar surface area (TPSA) is 43.8 Å². The van der Waals surface area contributed by atoms with Crippen LogP contribution in [0.2, 0.25) is 0 Å². The molecule has 1 fully saturated rings. The lowest BCUT2D eigenvalue weighted by molar-refractivity contribution is 0.0702. The first kappa shape index (κ1) is 14.5. The summed E-state index contributed by atoms with van der Waals surface area (Å²) in [5.74, 6) is -0.820. The standard InChI is InChI=1S/C14H22N2O2S/c1-3-11-9-15(2)7-4-8-16(11)10-12-5-6-13(19-12)14(17)18/h5-6,11H,3-4,7-10H2,1-2H3,(H,17,18). The molecule has 1 aromatic rings. The summed E-state index contributed by atoms with van der Waals surface area (Å²) in [5, 5.41) is 8.97. The molecule has 4 nitrogen and oxygen atoms in total. The molecule has 1 atom stereocenters. The van der Waals surface area contributed by atoms with E-state index in [1.54, 1.807) is 6.07 Å². The van der Waals surface area contributed by atoms with Crippen molar-refractivity contribution in [3.8, 4) is 0 Å². The summed E-state index contributed by atoms with van der Waals surface area (Å²) in [4.78, 5) is 17.4. The van der Waals surface area contributed by atoms with Crippen LogP contribution in [0.1, 0.15) is 34.3 Å². The molecule has 1 aliphatic rings. The molecule has 1 N–H and O–H groups in total. The van der Waals surface area contributed by atoms with Gasteiger partial charge in [-0.1, -0.05) is 6.92 Å². The normalized spacial score (nSPS) is 22.3. The molecule has 19 heavy (non-hydrogen) atoms. The molecule has 5 heteroatoms. The Kier molecular flexibility index (Phi) is 4.96. The Labute approximate surface area is 118 Å². The molecule has 0 aromatic carbocycles. The third-order valence-electron chi connectivity index (χ3n) is 3.73. The maximum absolute atomic E-state index is 10.9. The molecule has 1 unspecified atom stereocenters. The number of rotatable bonds is 4. The predicted molar refractivity (Wildman–Crippen MR) is 77.9 cm³/mol. The summed E-state index contributed by atoms with van der Waals surface area (Å²) in [7, 11) is 2.18. The van der Waals surface area contributed by atoms with Crippen molar-refractivity contribution in [2.45, 2.75) is 32.4 Å². The van der Waals surface area contributed by atoms with Gasteiger partial charge in [-0.05, 0) is 38.6 Å². The number of carboxylic acid groups (broad SMARTS) is 1. The Morgan fingerprint density at radius 2 is 2.26 bits per heavy atom. The van der Waals surface area contributed by atoms with E-state index < -0.39 is 5.97 Å². The van der Waals surface area contributed by atoms with Crippen molar-refractivity contribution in [2.75, 3.05) is 26.7 Å². The van der Waals surface area contributed by atoms with Crippen molar-refractivity contribution in [3.63, 3.8) is 0 Å². The van der Waals surface area contributed by atoms with Crippen LogP contribution in [0.15, 0.2) is 12.1 Å². The average Bonchev–Trinajstić information content (AvgIpc) is 2.76. The highest BCUT2D eigenvalue weighted by Gasteiger charge is 2.22. The lowest BCUT2D eigenvalue weighted by atomic mass is 10.2. The van der Waals surface area contributed by atoms with E-state index in [0.29, 0.717) is 10.9 Å². The molecule has 1 aliphatic heterocycles. The van der Waals surface area contributed by atoms with Gasteiger partial charge in [0.1, 0.15) is 4.88 Å². The summed E-state index contributed by atoms with van der Waals surface area (Å²) < 4.78 is 0. The van der Waals surface area contributed by atoms with Gasteiger partial charge in [0.15, 0.2) is 0 Å². The van der Waals surface area contributed by atoms with E-state index in [1.165, 1.54) is 17.8 Å².